The van der Waals surface area contributed by atoms with Gasteiger partial charge in [-0.3, -0.25) is 24.0 Å². The van der Waals surface area contributed by atoms with Gasteiger partial charge in [-0.15, -0.1) is 0 Å². The molecular weight excluding hydrogens is 344 g/mol. The molecule has 1 N–H and O–H groups in total. The Kier molecular flexibility index (Phi) is 5.97. The second-order valence-electron chi connectivity index (χ2n) is 8.09. The molecule has 1 aliphatic carbocycles. The highest BCUT2D eigenvalue weighted by Gasteiger charge is 2.47. The maximum Gasteiger partial charge on any atom is 0.233 e. The maximum atomic E-state index is 12.4. The van der Waals surface area contributed by atoms with Gasteiger partial charge in [0, 0.05) is 31.7 Å². The molecule has 148 valence electrons. The number of likely N-dealkylation sites (tertiary alicyclic amines) is 1. The van der Waals surface area contributed by atoms with Crippen LogP contribution in [-0.4, -0.2) is 45.5 Å². The third kappa shape index (κ3) is 4.39. The van der Waals surface area contributed by atoms with E-state index in [1.165, 1.54) is 4.90 Å². The van der Waals surface area contributed by atoms with Gasteiger partial charge in [-0.2, -0.15) is 5.10 Å². The number of rotatable bonds is 7. The summed E-state index contributed by atoms with van der Waals surface area (Å²) in [6, 6.07) is 2.03. The van der Waals surface area contributed by atoms with Crippen molar-refractivity contribution in [3.05, 3.63) is 17.5 Å². The average molecular weight is 374 g/mol. The van der Waals surface area contributed by atoms with Crippen molar-refractivity contribution in [1.29, 1.82) is 0 Å². The van der Waals surface area contributed by atoms with Gasteiger partial charge in [-0.05, 0) is 38.7 Å². The summed E-state index contributed by atoms with van der Waals surface area (Å²) in [5, 5.41) is 7.36. The molecule has 3 unspecified atom stereocenters. The normalized spacial score (nSPS) is 23.4. The number of amides is 3. The van der Waals surface area contributed by atoms with Crippen LogP contribution in [0, 0.1) is 31.6 Å². The fourth-order valence-electron chi connectivity index (χ4n) is 4.26. The largest absolute Gasteiger partial charge is 0.356 e. The van der Waals surface area contributed by atoms with E-state index >= 15 is 0 Å². The minimum Gasteiger partial charge on any atom is -0.356 e. The van der Waals surface area contributed by atoms with Crippen LogP contribution < -0.4 is 5.32 Å². The first-order chi connectivity index (χ1) is 12.9. The van der Waals surface area contributed by atoms with Crippen LogP contribution in [0.3, 0.4) is 0 Å². The van der Waals surface area contributed by atoms with Crippen molar-refractivity contribution in [2.24, 2.45) is 17.8 Å². The summed E-state index contributed by atoms with van der Waals surface area (Å²) < 4.78 is 1.95. The molecule has 1 aromatic rings. The standard InChI is InChI=1S/C20H30N4O3/c1-13(12-24-15(3)10-14(2)22-24)11-21-18(25)8-9-23-19(26)16-6-4-5-7-17(16)20(23)27/h10,13,16-17H,4-9,11-12H2,1-3H3,(H,21,25). The lowest BCUT2D eigenvalue weighted by atomic mass is 9.81. The molecule has 0 aromatic carbocycles. The molecule has 7 nitrogen and oxygen atoms in total. The summed E-state index contributed by atoms with van der Waals surface area (Å²) in [7, 11) is 0. The highest BCUT2D eigenvalue weighted by atomic mass is 16.2. The number of nitrogens with one attached hydrogen (secondary N) is 1. The molecule has 1 aliphatic heterocycles. The van der Waals surface area contributed by atoms with Crippen molar-refractivity contribution in [1.82, 2.24) is 20.0 Å². The Morgan fingerprint density at radius 2 is 1.85 bits per heavy atom. The van der Waals surface area contributed by atoms with Gasteiger partial charge in [-0.25, -0.2) is 0 Å². The van der Waals surface area contributed by atoms with Crippen LogP contribution in [-0.2, 0) is 20.9 Å². The first-order valence-electron chi connectivity index (χ1n) is 9.99. The molecule has 3 rings (SSSR count). The number of fused-ring (bicyclic) bond motifs is 1. The number of hydrogen-bond donors (Lipinski definition) is 1. The zero-order valence-corrected chi connectivity index (χ0v) is 16.5. The highest BCUT2D eigenvalue weighted by Crippen LogP contribution is 2.37. The van der Waals surface area contributed by atoms with Gasteiger partial charge in [0.1, 0.15) is 0 Å². The van der Waals surface area contributed by atoms with Crippen LogP contribution in [0.15, 0.2) is 6.07 Å². The van der Waals surface area contributed by atoms with E-state index in [2.05, 4.69) is 17.3 Å². The van der Waals surface area contributed by atoms with E-state index < -0.39 is 0 Å². The summed E-state index contributed by atoms with van der Waals surface area (Å²) in [5.74, 6) is -0.313. The molecule has 1 saturated heterocycles. The van der Waals surface area contributed by atoms with Gasteiger partial charge in [0.2, 0.25) is 17.7 Å². The Balaban J connectivity index is 1.42. The molecule has 3 atom stereocenters. The van der Waals surface area contributed by atoms with Crippen LogP contribution in [0.2, 0.25) is 0 Å². The maximum absolute atomic E-state index is 12.4. The number of aromatic nitrogens is 2. The van der Waals surface area contributed by atoms with Crippen molar-refractivity contribution in [2.75, 3.05) is 13.1 Å². The predicted octanol–water partition coefficient (Wildman–Crippen LogP) is 1.82. The molecule has 7 heteroatoms. The van der Waals surface area contributed by atoms with Gasteiger partial charge < -0.3 is 5.32 Å². The van der Waals surface area contributed by atoms with Gasteiger partial charge >= 0.3 is 0 Å². The average Bonchev–Trinajstić information content (AvgIpc) is 3.08. The van der Waals surface area contributed by atoms with Gasteiger partial charge in [0.25, 0.3) is 0 Å². The number of carbonyl (C=O) groups excluding carboxylic acids is 3. The second kappa shape index (κ2) is 8.23. The number of aryl methyl sites for hydroxylation is 2. The smallest absolute Gasteiger partial charge is 0.233 e. The third-order valence-electron chi connectivity index (χ3n) is 5.73. The molecular formula is C20H30N4O3. The summed E-state index contributed by atoms with van der Waals surface area (Å²) >= 11 is 0. The van der Waals surface area contributed by atoms with Crippen molar-refractivity contribution in [2.45, 2.75) is 59.4 Å². The third-order valence-corrected chi connectivity index (χ3v) is 5.73. The van der Waals surface area contributed by atoms with E-state index in [0.717, 1.165) is 43.6 Å². The summed E-state index contributed by atoms with van der Waals surface area (Å²) in [4.78, 5) is 38.4. The molecule has 27 heavy (non-hydrogen) atoms. The van der Waals surface area contributed by atoms with Gasteiger partial charge in [0.15, 0.2) is 0 Å². The lowest BCUT2D eigenvalue weighted by Gasteiger charge is -2.19. The van der Waals surface area contributed by atoms with E-state index in [1.54, 1.807) is 0 Å². The Hall–Kier alpha value is -2.18. The van der Waals surface area contributed by atoms with Crippen LogP contribution >= 0.6 is 0 Å². The Morgan fingerprint density at radius 1 is 1.22 bits per heavy atom. The predicted molar refractivity (Wildman–Crippen MR) is 101 cm³/mol. The monoisotopic (exact) mass is 374 g/mol. The summed E-state index contributed by atoms with van der Waals surface area (Å²) in [6.07, 6.45) is 3.82. The van der Waals surface area contributed by atoms with Crippen molar-refractivity contribution in [3.63, 3.8) is 0 Å². The Morgan fingerprint density at radius 3 is 2.41 bits per heavy atom. The fourth-order valence-corrected chi connectivity index (χ4v) is 4.26. The van der Waals surface area contributed by atoms with Crippen LogP contribution in [0.1, 0.15) is 50.4 Å². The Labute approximate surface area is 160 Å². The molecule has 0 spiro atoms. The fraction of sp³-hybridized carbons (Fsp3) is 0.700. The van der Waals surface area contributed by atoms with E-state index in [1.807, 2.05) is 24.6 Å². The van der Waals surface area contributed by atoms with E-state index in [-0.39, 0.29) is 48.4 Å². The van der Waals surface area contributed by atoms with E-state index in [4.69, 9.17) is 0 Å². The first kappa shape index (κ1) is 19.6. The molecule has 1 saturated carbocycles. The molecule has 1 aromatic heterocycles. The SMILES string of the molecule is Cc1cc(C)n(CC(C)CNC(=O)CCN2C(=O)C3CCCCC3C2=O)n1. The number of carbonyl (C=O) groups is 3. The molecule has 2 aliphatic rings. The second-order valence-corrected chi connectivity index (χ2v) is 8.09. The Bertz CT molecular complexity index is 703. The minimum atomic E-state index is -0.143. The van der Waals surface area contributed by atoms with E-state index in [9.17, 15) is 14.4 Å². The van der Waals surface area contributed by atoms with Gasteiger partial charge in [0.05, 0.1) is 17.5 Å². The zero-order valence-electron chi connectivity index (χ0n) is 16.5. The molecule has 3 amide bonds. The van der Waals surface area contributed by atoms with Crippen molar-refractivity contribution in [3.8, 4) is 0 Å². The van der Waals surface area contributed by atoms with Crippen LogP contribution in [0.4, 0.5) is 0 Å². The lowest BCUT2D eigenvalue weighted by molar-refractivity contribution is -0.140. The number of hydrogen-bond acceptors (Lipinski definition) is 4. The summed E-state index contributed by atoms with van der Waals surface area (Å²) in [6.45, 7) is 7.54. The molecule has 0 radical (unpaired) electrons. The lowest BCUT2D eigenvalue weighted by Crippen LogP contribution is -2.36. The zero-order chi connectivity index (χ0) is 19.6. The molecule has 2 fully saturated rings. The first-order valence-corrected chi connectivity index (χ1v) is 9.99. The quantitative estimate of drug-likeness (QED) is 0.738. The minimum absolute atomic E-state index is 0.0737. The van der Waals surface area contributed by atoms with Gasteiger partial charge in [-0.1, -0.05) is 19.8 Å². The molecule has 2 heterocycles. The van der Waals surface area contributed by atoms with Crippen molar-refractivity contribution >= 4 is 17.7 Å². The van der Waals surface area contributed by atoms with Crippen LogP contribution in [0.25, 0.3) is 0 Å². The highest BCUT2D eigenvalue weighted by molar-refractivity contribution is 6.05. The summed E-state index contributed by atoms with van der Waals surface area (Å²) in [5.41, 5.74) is 2.10. The van der Waals surface area contributed by atoms with Crippen LogP contribution in [0.5, 0.6) is 0 Å². The van der Waals surface area contributed by atoms with Crippen molar-refractivity contribution < 1.29 is 14.4 Å². The topological polar surface area (TPSA) is 84.3 Å². The molecule has 0 bridgehead atoms. The van der Waals surface area contributed by atoms with E-state index in [0.29, 0.717) is 6.54 Å². The number of imide groups is 1. The number of nitrogens with zero attached hydrogens (tertiary/aromatic N) is 3.